The van der Waals surface area contributed by atoms with Gasteiger partial charge < -0.3 is 9.73 Å². The van der Waals surface area contributed by atoms with Crippen LogP contribution in [0.5, 0.6) is 0 Å². The third-order valence-electron chi connectivity index (χ3n) is 3.82. The molecule has 4 heteroatoms. The lowest BCUT2D eigenvalue weighted by molar-refractivity contribution is 0.102. The van der Waals surface area contributed by atoms with E-state index < -0.39 is 11.5 Å². The number of hydrogen-bond donors (Lipinski definition) is 1. The molecule has 1 aromatic heterocycles. The van der Waals surface area contributed by atoms with Gasteiger partial charge in [0.15, 0.2) is 0 Å². The molecule has 116 valence electrons. The van der Waals surface area contributed by atoms with Gasteiger partial charge in [-0.05, 0) is 42.7 Å². The standard InChI is InChI=1S/C19H17NO3/c1-3-13-7-9-15(10-8-13)20-18(21)16-11-14-6-4-5-12(2)17(14)23-19(16)22/h4-11H,3H2,1-2H3,(H,20,21). The van der Waals surface area contributed by atoms with Gasteiger partial charge in [-0.3, -0.25) is 4.79 Å². The molecule has 1 N–H and O–H groups in total. The molecule has 3 rings (SSSR count). The molecule has 0 aliphatic heterocycles. The quantitative estimate of drug-likeness (QED) is 0.746. The zero-order valence-corrected chi connectivity index (χ0v) is 13.1. The normalized spacial score (nSPS) is 10.7. The van der Waals surface area contributed by atoms with Gasteiger partial charge in [0.25, 0.3) is 5.91 Å². The molecule has 0 radical (unpaired) electrons. The Kier molecular flexibility index (Phi) is 3.98. The lowest BCUT2D eigenvalue weighted by Crippen LogP contribution is -2.20. The molecule has 3 aromatic rings. The SMILES string of the molecule is CCc1ccc(NC(=O)c2cc3cccc(C)c3oc2=O)cc1. The average molecular weight is 307 g/mol. The highest BCUT2D eigenvalue weighted by Gasteiger charge is 2.14. The number of nitrogens with one attached hydrogen (secondary N) is 1. The van der Waals surface area contributed by atoms with E-state index in [0.717, 1.165) is 17.4 Å². The number of anilines is 1. The molecule has 4 nitrogen and oxygen atoms in total. The number of rotatable bonds is 3. The molecule has 0 aliphatic rings. The first kappa shape index (κ1) is 15.0. The van der Waals surface area contributed by atoms with Crippen LogP contribution in [0.1, 0.15) is 28.4 Å². The highest BCUT2D eigenvalue weighted by molar-refractivity contribution is 6.05. The molecule has 1 amide bonds. The number of fused-ring (bicyclic) bond motifs is 1. The number of para-hydroxylation sites is 1. The molecule has 0 aliphatic carbocycles. The fourth-order valence-corrected chi connectivity index (χ4v) is 2.47. The van der Waals surface area contributed by atoms with Crippen molar-refractivity contribution in [2.24, 2.45) is 0 Å². The summed E-state index contributed by atoms with van der Waals surface area (Å²) in [5.74, 6) is -0.466. The van der Waals surface area contributed by atoms with Gasteiger partial charge in [0, 0.05) is 11.1 Å². The third-order valence-corrected chi connectivity index (χ3v) is 3.82. The van der Waals surface area contributed by atoms with Gasteiger partial charge in [-0.2, -0.15) is 0 Å². The van der Waals surface area contributed by atoms with Crippen molar-refractivity contribution >= 4 is 22.6 Å². The highest BCUT2D eigenvalue weighted by atomic mass is 16.4. The smallest absolute Gasteiger partial charge is 0.349 e. The number of benzene rings is 2. The van der Waals surface area contributed by atoms with Crippen LogP contribution in [0, 0.1) is 6.92 Å². The molecule has 1 heterocycles. The molecule has 23 heavy (non-hydrogen) atoms. The summed E-state index contributed by atoms with van der Waals surface area (Å²) in [6.45, 7) is 3.93. The van der Waals surface area contributed by atoms with Gasteiger partial charge in [0.1, 0.15) is 11.1 Å². The lowest BCUT2D eigenvalue weighted by Gasteiger charge is -2.07. The van der Waals surface area contributed by atoms with E-state index in [1.165, 1.54) is 5.56 Å². The fraction of sp³-hybridized carbons (Fsp3) is 0.158. The highest BCUT2D eigenvalue weighted by Crippen LogP contribution is 2.18. The van der Waals surface area contributed by atoms with E-state index in [0.29, 0.717) is 11.3 Å². The molecule has 0 bridgehead atoms. The van der Waals surface area contributed by atoms with Crippen molar-refractivity contribution in [3.8, 4) is 0 Å². The van der Waals surface area contributed by atoms with E-state index in [1.54, 1.807) is 6.07 Å². The largest absolute Gasteiger partial charge is 0.422 e. The second kappa shape index (κ2) is 6.08. The minimum atomic E-state index is -0.630. The minimum Gasteiger partial charge on any atom is -0.422 e. The Bertz CT molecular complexity index is 923. The summed E-state index contributed by atoms with van der Waals surface area (Å²) < 4.78 is 5.30. The Morgan fingerprint density at radius 2 is 1.87 bits per heavy atom. The van der Waals surface area contributed by atoms with E-state index >= 15 is 0 Å². The van der Waals surface area contributed by atoms with Crippen LogP contribution in [0.15, 0.2) is 57.7 Å². The van der Waals surface area contributed by atoms with Crippen LogP contribution in [0.2, 0.25) is 0 Å². The van der Waals surface area contributed by atoms with Gasteiger partial charge in [-0.15, -0.1) is 0 Å². The van der Waals surface area contributed by atoms with Crippen molar-refractivity contribution in [1.29, 1.82) is 0 Å². The Labute approximate surface area is 133 Å². The topological polar surface area (TPSA) is 59.3 Å². The molecule has 0 unspecified atom stereocenters. The van der Waals surface area contributed by atoms with Crippen LogP contribution in [0.25, 0.3) is 11.0 Å². The van der Waals surface area contributed by atoms with Crippen molar-refractivity contribution in [3.63, 3.8) is 0 Å². The first-order valence-electron chi connectivity index (χ1n) is 7.52. The summed E-state index contributed by atoms with van der Waals surface area (Å²) in [7, 11) is 0. The monoisotopic (exact) mass is 307 g/mol. The van der Waals surface area contributed by atoms with Crippen molar-refractivity contribution in [2.45, 2.75) is 20.3 Å². The van der Waals surface area contributed by atoms with E-state index in [2.05, 4.69) is 12.2 Å². The first-order valence-corrected chi connectivity index (χ1v) is 7.52. The van der Waals surface area contributed by atoms with Gasteiger partial charge in [0.2, 0.25) is 0 Å². The number of carbonyl (C=O) groups excluding carboxylic acids is 1. The molecule has 0 saturated carbocycles. The number of hydrogen-bond acceptors (Lipinski definition) is 3. The molecule has 2 aromatic carbocycles. The molecular weight excluding hydrogens is 290 g/mol. The summed E-state index contributed by atoms with van der Waals surface area (Å²) in [6.07, 6.45) is 0.932. The van der Waals surface area contributed by atoms with E-state index in [9.17, 15) is 9.59 Å². The van der Waals surface area contributed by atoms with Crippen molar-refractivity contribution in [1.82, 2.24) is 0 Å². The Morgan fingerprint density at radius 3 is 2.57 bits per heavy atom. The summed E-state index contributed by atoms with van der Waals surface area (Å²) >= 11 is 0. The van der Waals surface area contributed by atoms with Crippen LogP contribution in [-0.4, -0.2) is 5.91 Å². The van der Waals surface area contributed by atoms with Crippen molar-refractivity contribution in [2.75, 3.05) is 5.32 Å². The fourth-order valence-electron chi connectivity index (χ4n) is 2.47. The van der Waals surface area contributed by atoms with E-state index in [-0.39, 0.29) is 5.56 Å². The van der Waals surface area contributed by atoms with Crippen LogP contribution in [-0.2, 0) is 6.42 Å². The zero-order chi connectivity index (χ0) is 16.4. The van der Waals surface area contributed by atoms with Crippen molar-refractivity contribution in [3.05, 3.63) is 75.6 Å². The summed E-state index contributed by atoms with van der Waals surface area (Å²) in [5, 5.41) is 3.46. The van der Waals surface area contributed by atoms with Gasteiger partial charge >= 0.3 is 5.63 Å². The molecule has 0 atom stereocenters. The summed E-state index contributed by atoms with van der Waals surface area (Å²) in [5.41, 5.74) is 2.58. The third kappa shape index (κ3) is 3.01. The zero-order valence-electron chi connectivity index (χ0n) is 13.1. The second-order valence-electron chi connectivity index (χ2n) is 5.45. The molecule has 0 saturated heterocycles. The Balaban J connectivity index is 1.94. The number of aryl methyl sites for hydroxylation is 2. The van der Waals surface area contributed by atoms with Crippen LogP contribution in [0.3, 0.4) is 0 Å². The number of carbonyl (C=O) groups is 1. The maximum atomic E-state index is 12.3. The molecule has 0 fully saturated rings. The minimum absolute atomic E-state index is 0.00247. The molecular formula is C19H17NO3. The van der Waals surface area contributed by atoms with E-state index in [4.69, 9.17) is 4.42 Å². The Morgan fingerprint density at radius 1 is 1.13 bits per heavy atom. The maximum Gasteiger partial charge on any atom is 0.349 e. The van der Waals surface area contributed by atoms with Gasteiger partial charge in [-0.1, -0.05) is 37.3 Å². The van der Waals surface area contributed by atoms with Gasteiger partial charge in [0.05, 0.1) is 0 Å². The molecule has 0 spiro atoms. The lowest BCUT2D eigenvalue weighted by atomic mass is 10.1. The second-order valence-corrected chi connectivity index (χ2v) is 5.45. The predicted molar refractivity (Wildman–Crippen MR) is 91.0 cm³/mol. The maximum absolute atomic E-state index is 12.3. The Hall–Kier alpha value is -2.88. The van der Waals surface area contributed by atoms with Crippen LogP contribution < -0.4 is 10.9 Å². The first-order chi connectivity index (χ1) is 11.1. The van der Waals surface area contributed by atoms with Gasteiger partial charge in [-0.25, -0.2) is 4.79 Å². The van der Waals surface area contributed by atoms with Crippen LogP contribution >= 0.6 is 0 Å². The summed E-state index contributed by atoms with van der Waals surface area (Å²) in [6, 6.07) is 14.7. The average Bonchev–Trinajstić information content (AvgIpc) is 2.56. The summed E-state index contributed by atoms with van der Waals surface area (Å²) in [4.78, 5) is 24.4. The van der Waals surface area contributed by atoms with Crippen LogP contribution in [0.4, 0.5) is 5.69 Å². The number of amides is 1. The van der Waals surface area contributed by atoms with E-state index in [1.807, 2.05) is 49.4 Å². The predicted octanol–water partition coefficient (Wildman–Crippen LogP) is 3.92. The van der Waals surface area contributed by atoms with Crippen molar-refractivity contribution < 1.29 is 9.21 Å².